The molecule has 0 aliphatic rings. The molecule has 0 amide bonds. The van der Waals surface area contributed by atoms with Gasteiger partial charge in [0.05, 0.1) is 19.9 Å². The first-order valence-electron chi connectivity index (χ1n) is 5.80. The van der Waals surface area contributed by atoms with Crippen LogP contribution in [0.3, 0.4) is 0 Å². The van der Waals surface area contributed by atoms with Gasteiger partial charge in [-0.05, 0) is 18.4 Å². The molecule has 1 aromatic rings. The molecule has 7 nitrogen and oxygen atoms in total. The van der Waals surface area contributed by atoms with Gasteiger partial charge in [-0.15, -0.1) is 0 Å². The number of nitrogens with one attached hydrogen (secondary N) is 1. The molecule has 8 heteroatoms. The van der Waals surface area contributed by atoms with Crippen LogP contribution in [-0.2, 0) is 9.53 Å². The lowest BCUT2D eigenvalue weighted by atomic mass is 10.3. The van der Waals surface area contributed by atoms with Crippen LogP contribution in [0.25, 0.3) is 0 Å². The number of rotatable bonds is 5. The Hall–Kier alpha value is -2.40. The highest BCUT2D eigenvalue weighted by Gasteiger charge is 2.09. The zero-order valence-corrected chi connectivity index (χ0v) is 12.7. The fraction of sp³-hybridized carbons (Fsp3) is 0.308. The van der Waals surface area contributed by atoms with E-state index in [0.717, 1.165) is 0 Å². The van der Waals surface area contributed by atoms with Gasteiger partial charge in [-0.25, -0.2) is 9.79 Å². The largest absolute Gasteiger partial charge is 0.493 e. The van der Waals surface area contributed by atoms with Gasteiger partial charge in [0.1, 0.15) is 0 Å². The maximum atomic E-state index is 11.1. The molecule has 0 unspecified atom stereocenters. The number of amidine groups is 1. The van der Waals surface area contributed by atoms with E-state index in [4.69, 9.17) is 14.7 Å². The molecular weight excluding hydrogens is 294 g/mol. The van der Waals surface area contributed by atoms with Gasteiger partial charge in [-0.3, -0.25) is 5.32 Å². The maximum absolute atomic E-state index is 11.1. The third kappa shape index (κ3) is 5.24. The first kappa shape index (κ1) is 16.7. The van der Waals surface area contributed by atoms with E-state index in [1.165, 1.54) is 26.0 Å². The van der Waals surface area contributed by atoms with Crippen LogP contribution in [0.4, 0.5) is 5.69 Å². The summed E-state index contributed by atoms with van der Waals surface area (Å²) >= 11 is 1.31. The van der Waals surface area contributed by atoms with Crippen LogP contribution in [-0.4, -0.2) is 38.2 Å². The summed E-state index contributed by atoms with van der Waals surface area (Å²) in [5, 5.41) is 11.5. The number of nitrogens with zero attached hydrogens (tertiary/aromatic N) is 2. The highest BCUT2D eigenvalue weighted by Crippen LogP contribution is 2.31. The molecule has 0 fully saturated rings. The smallest absolute Gasteiger partial charge is 0.343 e. The van der Waals surface area contributed by atoms with Crippen molar-refractivity contribution in [1.29, 1.82) is 5.26 Å². The minimum atomic E-state index is -0.484. The average Bonchev–Trinajstić information content (AvgIpc) is 2.52. The van der Waals surface area contributed by atoms with Crippen molar-refractivity contribution in [3.05, 3.63) is 18.2 Å². The molecule has 0 bridgehead atoms. The minimum Gasteiger partial charge on any atom is -0.493 e. The van der Waals surface area contributed by atoms with E-state index >= 15 is 0 Å². The number of aliphatic imine (C=N–C) groups is 1. The van der Waals surface area contributed by atoms with Crippen LogP contribution in [0.5, 0.6) is 11.5 Å². The van der Waals surface area contributed by atoms with Crippen molar-refractivity contribution in [2.24, 2.45) is 4.99 Å². The topological polar surface area (TPSA) is 92.9 Å². The van der Waals surface area contributed by atoms with Crippen LogP contribution in [0.2, 0.25) is 0 Å². The lowest BCUT2D eigenvalue weighted by Gasteiger charge is -2.10. The lowest BCUT2D eigenvalue weighted by Crippen LogP contribution is -2.13. The molecule has 0 radical (unpaired) electrons. The predicted molar refractivity (Wildman–Crippen MR) is 79.9 cm³/mol. The third-order valence-electron chi connectivity index (χ3n) is 2.31. The standard InChI is InChI=1S/C13H15N3O4S/c1-18-11-6-9(16-13(21-3)15-8-14)4-5-10(11)20-7-12(17)19-2/h4-6H,7H2,1-3H3,(H,15,16). The van der Waals surface area contributed by atoms with Gasteiger partial charge in [0, 0.05) is 6.07 Å². The van der Waals surface area contributed by atoms with Gasteiger partial charge in [0.25, 0.3) is 0 Å². The molecule has 1 N–H and O–H groups in total. The van der Waals surface area contributed by atoms with Crippen LogP contribution < -0.4 is 14.8 Å². The predicted octanol–water partition coefficient (Wildman–Crippen LogP) is 1.67. The van der Waals surface area contributed by atoms with Gasteiger partial charge < -0.3 is 14.2 Å². The Bertz CT molecular complexity index is 569. The molecule has 0 saturated heterocycles. The van der Waals surface area contributed by atoms with E-state index in [1.54, 1.807) is 24.5 Å². The van der Waals surface area contributed by atoms with Crippen LogP contribution in [0, 0.1) is 11.5 Å². The first-order valence-corrected chi connectivity index (χ1v) is 7.02. The Morgan fingerprint density at radius 3 is 2.76 bits per heavy atom. The molecule has 1 aromatic carbocycles. The Morgan fingerprint density at radius 1 is 1.43 bits per heavy atom. The van der Waals surface area contributed by atoms with Crippen molar-refractivity contribution in [1.82, 2.24) is 5.32 Å². The fourth-order valence-corrected chi connectivity index (χ4v) is 1.67. The summed E-state index contributed by atoms with van der Waals surface area (Å²) in [6.07, 6.45) is 3.61. The molecule has 0 saturated carbocycles. The Labute approximate surface area is 126 Å². The quantitative estimate of drug-likeness (QED) is 0.291. The second-order valence-corrected chi connectivity index (χ2v) is 4.35. The summed E-state index contributed by atoms with van der Waals surface area (Å²) < 4.78 is 15.0. The van der Waals surface area contributed by atoms with Crippen molar-refractivity contribution >= 4 is 28.6 Å². The molecule has 1 rings (SSSR count). The number of carbonyl (C=O) groups is 1. The van der Waals surface area contributed by atoms with Crippen molar-refractivity contribution in [3.8, 4) is 17.7 Å². The van der Waals surface area contributed by atoms with Gasteiger partial charge in [0.15, 0.2) is 29.5 Å². The van der Waals surface area contributed by atoms with Crippen LogP contribution in [0.1, 0.15) is 0 Å². The average molecular weight is 309 g/mol. The van der Waals surface area contributed by atoms with Crippen molar-refractivity contribution in [2.45, 2.75) is 0 Å². The summed E-state index contributed by atoms with van der Waals surface area (Å²) in [4.78, 5) is 15.3. The Balaban J connectivity index is 2.93. The molecule has 0 aliphatic carbocycles. The number of esters is 1. The molecule has 0 atom stereocenters. The molecule has 0 aromatic heterocycles. The molecule has 112 valence electrons. The highest BCUT2D eigenvalue weighted by molar-refractivity contribution is 8.13. The second kappa shape index (κ2) is 8.71. The number of nitriles is 1. The number of thioether (sulfide) groups is 1. The summed E-state index contributed by atoms with van der Waals surface area (Å²) in [5.74, 6) is 0.348. The van der Waals surface area contributed by atoms with Crippen LogP contribution >= 0.6 is 11.8 Å². The van der Waals surface area contributed by atoms with E-state index < -0.39 is 5.97 Å². The van der Waals surface area contributed by atoms with Gasteiger partial charge in [-0.2, -0.15) is 5.26 Å². The van der Waals surface area contributed by atoms with Gasteiger partial charge in [0.2, 0.25) is 0 Å². The number of hydrogen-bond donors (Lipinski definition) is 1. The maximum Gasteiger partial charge on any atom is 0.343 e. The highest BCUT2D eigenvalue weighted by atomic mass is 32.2. The minimum absolute atomic E-state index is 0.207. The number of benzene rings is 1. The van der Waals surface area contributed by atoms with Crippen molar-refractivity contribution in [3.63, 3.8) is 0 Å². The summed E-state index contributed by atoms with van der Waals surface area (Å²) in [6.45, 7) is -0.207. The van der Waals surface area contributed by atoms with E-state index in [2.05, 4.69) is 15.0 Å². The first-order chi connectivity index (χ1) is 10.1. The molecule has 0 aliphatic heterocycles. The number of ether oxygens (including phenoxy) is 3. The zero-order chi connectivity index (χ0) is 15.7. The Morgan fingerprint density at radius 2 is 2.19 bits per heavy atom. The SMILES string of the molecule is COC(=O)COc1ccc(N=C(NC#N)SC)cc1OC. The van der Waals surface area contributed by atoms with Crippen molar-refractivity contribution in [2.75, 3.05) is 27.1 Å². The number of hydrogen-bond acceptors (Lipinski definition) is 7. The number of methoxy groups -OCH3 is 2. The molecule has 0 heterocycles. The molecular formula is C13H15N3O4S. The van der Waals surface area contributed by atoms with Crippen LogP contribution in [0.15, 0.2) is 23.2 Å². The molecule has 21 heavy (non-hydrogen) atoms. The monoisotopic (exact) mass is 309 g/mol. The second-order valence-electron chi connectivity index (χ2n) is 3.56. The summed E-state index contributed by atoms with van der Waals surface area (Å²) in [7, 11) is 2.77. The zero-order valence-electron chi connectivity index (χ0n) is 11.9. The van der Waals surface area contributed by atoms with E-state index in [0.29, 0.717) is 22.4 Å². The molecule has 0 spiro atoms. The summed E-state index contributed by atoms with van der Waals surface area (Å²) in [6, 6.07) is 4.96. The lowest BCUT2D eigenvalue weighted by molar-refractivity contribution is -0.142. The van der Waals surface area contributed by atoms with E-state index in [-0.39, 0.29) is 6.61 Å². The van der Waals surface area contributed by atoms with Gasteiger partial charge in [-0.1, -0.05) is 11.8 Å². The van der Waals surface area contributed by atoms with E-state index in [1.807, 2.05) is 6.19 Å². The van der Waals surface area contributed by atoms with Gasteiger partial charge >= 0.3 is 5.97 Å². The normalized spacial score (nSPS) is 10.5. The fourth-order valence-electron chi connectivity index (χ4n) is 1.33. The summed E-state index contributed by atoms with van der Waals surface area (Å²) in [5.41, 5.74) is 0.587. The number of carbonyl (C=O) groups excluding carboxylic acids is 1. The third-order valence-corrected chi connectivity index (χ3v) is 2.89. The Kier molecular flexibility index (Phi) is 6.91. The van der Waals surface area contributed by atoms with E-state index in [9.17, 15) is 4.79 Å². The van der Waals surface area contributed by atoms with Crippen molar-refractivity contribution < 1.29 is 19.0 Å².